The van der Waals surface area contributed by atoms with Gasteiger partial charge in [0.25, 0.3) is 15.9 Å². The minimum atomic E-state index is -4.18. The highest BCUT2D eigenvalue weighted by molar-refractivity contribution is 7.89. The van der Waals surface area contributed by atoms with Gasteiger partial charge in [-0.2, -0.15) is 0 Å². The van der Waals surface area contributed by atoms with Gasteiger partial charge in [0.05, 0.1) is 11.4 Å². The third-order valence-corrected chi connectivity index (χ3v) is 7.29. The number of sulfonamides is 1. The van der Waals surface area contributed by atoms with Gasteiger partial charge < -0.3 is 11.1 Å². The molecule has 0 aromatic heterocycles. The topological polar surface area (TPSA) is 145 Å². The van der Waals surface area contributed by atoms with Crippen LogP contribution in [-0.2, 0) is 26.2 Å². The molecule has 34 heavy (non-hydrogen) atoms. The molecule has 0 saturated heterocycles. The number of rotatable bonds is 8. The average molecular weight is 524 g/mol. The number of nitrogens with two attached hydrogens (primary N) is 1. The molecule has 0 bridgehead atoms. The number of amidine groups is 1. The van der Waals surface area contributed by atoms with Gasteiger partial charge in [-0.3, -0.25) is 20.0 Å². The largest absolute Gasteiger partial charge is 0.384 e. The Morgan fingerprint density at radius 2 is 1.85 bits per heavy atom. The van der Waals surface area contributed by atoms with Crippen LogP contribution in [-0.4, -0.2) is 37.6 Å². The minimum absolute atomic E-state index is 0.0379. The van der Waals surface area contributed by atoms with Crippen molar-refractivity contribution in [1.82, 2.24) is 15.2 Å². The van der Waals surface area contributed by atoms with E-state index in [1.165, 1.54) is 18.2 Å². The molecule has 0 unspecified atom stereocenters. The third kappa shape index (κ3) is 6.15. The summed E-state index contributed by atoms with van der Waals surface area (Å²) < 4.78 is 25.6. The van der Waals surface area contributed by atoms with Gasteiger partial charge in [0.1, 0.15) is 10.7 Å². The Bertz CT molecular complexity index is 1280. The fourth-order valence-electron chi connectivity index (χ4n) is 3.29. The van der Waals surface area contributed by atoms with Crippen LogP contribution in [0, 0.1) is 5.41 Å². The number of nitrogens with one attached hydrogen (secondary N) is 3. The average Bonchev–Trinajstić information content (AvgIpc) is 2.79. The number of carbonyl (C=O) groups excluding carboxylic acids is 2. The van der Waals surface area contributed by atoms with E-state index in [2.05, 4.69) is 10.1 Å². The molecule has 0 aliphatic carbocycles. The van der Waals surface area contributed by atoms with Crippen molar-refractivity contribution in [1.29, 1.82) is 5.41 Å². The van der Waals surface area contributed by atoms with Crippen LogP contribution >= 0.6 is 23.2 Å². The first-order valence-corrected chi connectivity index (χ1v) is 12.4. The highest BCUT2D eigenvalue weighted by atomic mass is 35.5. The second-order valence-electron chi connectivity index (χ2n) is 7.70. The van der Waals surface area contributed by atoms with Crippen LogP contribution in [0.1, 0.15) is 30.9 Å². The Hall–Kier alpha value is -2.92. The number of halogens is 2. The van der Waals surface area contributed by atoms with E-state index in [9.17, 15) is 18.0 Å². The Kier molecular flexibility index (Phi) is 7.98. The highest BCUT2D eigenvalue weighted by Crippen LogP contribution is 2.26. The van der Waals surface area contributed by atoms with Crippen molar-refractivity contribution >= 4 is 50.9 Å². The molecule has 0 radical (unpaired) electrons. The molecule has 5 N–H and O–H groups in total. The Balaban J connectivity index is 1.66. The van der Waals surface area contributed by atoms with Crippen LogP contribution in [0.2, 0.25) is 10.0 Å². The van der Waals surface area contributed by atoms with Gasteiger partial charge in [-0.25, -0.2) is 8.42 Å². The molecule has 0 fully saturated rings. The predicted octanol–water partition coefficient (Wildman–Crippen LogP) is 2.73. The van der Waals surface area contributed by atoms with E-state index in [1.54, 1.807) is 31.2 Å². The van der Waals surface area contributed by atoms with Crippen molar-refractivity contribution in [3.8, 4) is 0 Å². The zero-order valence-electron chi connectivity index (χ0n) is 18.2. The molecule has 0 spiro atoms. The molecule has 9 nitrogen and oxygen atoms in total. The molecular formula is C22H23Cl2N5O4S. The monoisotopic (exact) mass is 523 g/mol. The van der Waals surface area contributed by atoms with Gasteiger partial charge >= 0.3 is 0 Å². The maximum absolute atomic E-state index is 13.0. The maximum Gasteiger partial charge on any atom is 0.265 e. The summed E-state index contributed by atoms with van der Waals surface area (Å²) in [6.45, 7) is 2.07. The molecular weight excluding hydrogens is 501 g/mol. The Labute approximate surface area is 207 Å². The first-order chi connectivity index (χ1) is 16.0. The molecule has 0 saturated carbocycles. The number of hydrogen-bond donors (Lipinski definition) is 4. The van der Waals surface area contributed by atoms with E-state index in [0.717, 1.165) is 10.6 Å². The number of carbonyl (C=O) groups is 2. The van der Waals surface area contributed by atoms with Crippen molar-refractivity contribution in [2.75, 3.05) is 6.54 Å². The standard InChI is InChI=1S/C22H23Cl2N5O4S/c1-13-8-9-29(28-34(32,33)19-10-16(23)6-7-18(19)24)22(31)17(13)11-20(30)27-12-14-2-4-15(5-3-14)21(25)26/h2-7,10,28H,8-9,11-12H2,1H3,(H3,25,26)(H,27,30). The van der Waals surface area contributed by atoms with Crippen molar-refractivity contribution in [3.63, 3.8) is 0 Å². The summed E-state index contributed by atoms with van der Waals surface area (Å²) in [6, 6.07) is 10.8. The number of hydrogen-bond acceptors (Lipinski definition) is 5. The molecule has 1 aliphatic rings. The van der Waals surface area contributed by atoms with E-state index in [-0.39, 0.29) is 51.8 Å². The van der Waals surface area contributed by atoms with Crippen molar-refractivity contribution in [2.24, 2.45) is 5.73 Å². The van der Waals surface area contributed by atoms with Crippen LogP contribution < -0.4 is 15.9 Å². The quantitative estimate of drug-likeness (QED) is 0.310. The van der Waals surface area contributed by atoms with Crippen LogP contribution in [0.5, 0.6) is 0 Å². The lowest BCUT2D eigenvalue weighted by Gasteiger charge is -2.29. The number of benzene rings is 2. The van der Waals surface area contributed by atoms with E-state index < -0.39 is 15.9 Å². The molecule has 2 amide bonds. The van der Waals surface area contributed by atoms with Gasteiger partial charge in [-0.15, -0.1) is 4.83 Å². The summed E-state index contributed by atoms with van der Waals surface area (Å²) in [6.07, 6.45) is 0.193. The SMILES string of the molecule is CC1=C(CC(=O)NCc2ccc(C(=N)N)cc2)C(=O)N(NS(=O)(=O)c2cc(Cl)ccc2Cl)CC1. The van der Waals surface area contributed by atoms with E-state index >= 15 is 0 Å². The van der Waals surface area contributed by atoms with E-state index in [4.69, 9.17) is 34.3 Å². The van der Waals surface area contributed by atoms with Crippen LogP contribution in [0.3, 0.4) is 0 Å². The van der Waals surface area contributed by atoms with Gasteiger partial charge in [0.2, 0.25) is 5.91 Å². The number of amides is 2. The summed E-state index contributed by atoms with van der Waals surface area (Å²) in [5.41, 5.74) is 7.73. The van der Waals surface area contributed by atoms with Gasteiger partial charge in [-0.1, -0.05) is 53.0 Å². The maximum atomic E-state index is 13.0. The molecule has 12 heteroatoms. The van der Waals surface area contributed by atoms with E-state index in [0.29, 0.717) is 17.6 Å². The first-order valence-electron chi connectivity index (χ1n) is 10.2. The summed E-state index contributed by atoms with van der Waals surface area (Å²) in [5, 5.41) is 11.3. The van der Waals surface area contributed by atoms with Crippen molar-refractivity contribution in [3.05, 3.63) is 74.8 Å². The fourth-order valence-corrected chi connectivity index (χ4v) is 5.12. The van der Waals surface area contributed by atoms with Gasteiger partial charge in [0.15, 0.2) is 0 Å². The Morgan fingerprint density at radius 3 is 2.50 bits per heavy atom. The molecule has 0 atom stereocenters. The fraction of sp³-hybridized carbons (Fsp3) is 0.227. The van der Waals surface area contributed by atoms with Crippen molar-refractivity contribution < 1.29 is 18.0 Å². The highest BCUT2D eigenvalue weighted by Gasteiger charge is 2.31. The third-order valence-electron chi connectivity index (χ3n) is 5.23. The Morgan fingerprint density at radius 1 is 1.18 bits per heavy atom. The molecule has 1 aliphatic heterocycles. The summed E-state index contributed by atoms with van der Waals surface area (Å²) >= 11 is 11.9. The summed E-state index contributed by atoms with van der Waals surface area (Å²) in [4.78, 5) is 27.5. The zero-order valence-corrected chi connectivity index (χ0v) is 20.5. The lowest BCUT2D eigenvalue weighted by molar-refractivity contribution is -0.131. The molecule has 3 rings (SSSR count). The summed E-state index contributed by atoms with van der Waals surface area (Å²) in [5.74, 6) is -1.04. The minimum Gasteiger partial charge on any atom is -0.384 e. The number of hydrazine groups is 1. The predicted molar refractivity (Wildman–Crippen MR) is 130 cm³/mol. The van der Waals surface area contributed by atoms with Crippen LogP contribution in [0.4, 0.5) is 0 Å². The van der Waals surface area contributed by atoms with Gasteiger partial charge in [-0.05, 0) is 37.1 Å². The lowest BCUT2D eigenvalue weighted by Crippen LogP contribution is -2.49. The van der Waals surface area contributed by atoms with E-state index in [1.807, 2.05) is 0 Å². The number of nitrogens with zero attached hydrogens (tertiary/aromatic N) is 1. The van der Waals surface area contributed by atoms with Gasteiger partial charge in [0, 0.05) is 29.2 Å². The molecule has 180 valence electrons. The molecule has 2 aromatic rings. The first kappa shape index (κ1) is 25.7. The second kappa shape index (κ2) is 10.6. The lowest BCUT2D eigenvalue weighted by atomic mass is 9.98. The second-order valence-corrected chi connectivity index (χ2v) is 10.2. The molecule has 2 aromatic carbocycles. The van der Waals surface area contributed by atoms with Crippen molar-refractivity contribution in [2.45, 2.75) is 31.2 Å². The summed E-state index contributed by atoms with van der Waals surface area (Å²) in [7, 11) is -4.18. The number of nitrogen functional groups attached to an aromatic ring is 1. The zero-order chi connectivity index (χ0) is 25.0. The normalized spacial score (nSPS) is 14.3. The molecule has 1 heterocycles. The van der Waals surface area contributed by atoms with Crippen LogP contribution in [0.25, 0.3) is 0 Å². The van der Waals surface area contributed by atoms with Crippen LogP contribution in [0.15, 0.2) is 58.5 Å². The smallest absolute Gasteiger partial charge is 0.265 e.